The average Bonchev–Trinajstić information content (AvgIpc) is 2.87. The Morgan fingerprint density at radius 1 is 1.09 bits per heavy atom. The maximum absolute atomic E-state index is 11.8. The first kappa shape index (κ1) is 15.2. The Hall–Kier alpha value is -2.75. The SMILES string of the molecule is C=C(O)CCNC(=O)OCC1c2ccccc2-c2ccccc21. The Balaban J connectivity index is 1.69. The van der Waals surface area contributed by atoms with Crippen molar-refractivity contribution in [1.82, 2.24) is 5.32 Å². The van der Waals surface area contributed by atoms with Crippen LogP contribution in [0, 0.1) is 0 Å². The summed E-state index contributed by atoms with van der Waals surface area (Å²) in [4.78, 5) is 11.8. The van der Waals surface area contributed by atoms with Gasteiger partial charge in [-0.15, -0.1) is 0 Å². The van der Waals surface area contributed by atoms with E-state index in [0.717, 1.165) is 0 Å². The van der Waals surface area contributed by atoms with Gasteiger partial charge in [0.2, 0.25) is 0 Å². The van der Waals surface area contributed by atoms with Gasteiger partial charge in [0, 0.05) is 18.9 Å². The molecule has 0 aromatic heterocycles. The van der Waals surface area contributed by atoms with E-state index in [0.29, 0.717) is 19.6 Å². The number of alkyl carbamates (subject to hydrolysis) is 1. The van der Waals surface area contributed by atoms with Crippen molar-refractivity contribution in [3.8, 4) is 11.1 Å². The zero-order valence-electron chi connectivity index (χ0n) is 12.8. The fourth-order valence-electron chi connectivity index (χ4n) is 2.96. The minimum atomic E-state index is -0.479. The van der Waals surface area contributed by atoms with Gasteiger partial charge in [0.25, 0.3) is 0 Å². The fraction of sp³-hybridized carbons (Fsp3) is 0.211. The summed E-state index contributed by atoms with van der Waals surface area (Å²) in [6, 6.07) is 16.4. The molecule has 3 rings (SSSR count). The molecule has 4 heteroatoms. The monoisotopic (exact) mass is 309 g/mol. The van der Waals surface area contributed by atoms with Gasteiger partial charge in [-0.2, -0.15) is 0 Å². The lowest BCUT2D eigenvalue weighted by atomic mass is 9.98. The molecule has 2 N–H and O–H groups in total. The van der Waals surface area contributed by atoms with E-state index in [1.807, 2.05) is 24.3 Å². The second kappa shape index (κ2) is 6.57. The minimum Gasteiger partial charge on any atom is -0.513 e. The van der Waals surface area contributed by atoms with Crippen LogP contribution in [0.25, 0.3) is 11.1 Å². The molecule has 0 radical (unpaired) electrons. The van der Waals surface area contributed by atoms with E-state index >= 15 is 0 Å². The van der Waals surface area contributed by atoms with Crippen molar-refractivity contribution < 1.29 is 14.6 Å². The number of benzene rings is 2. The Kier molecular flexibility index (Phi) is 4.33. The highest BCUT2D eigenvalue weighted by atomic mass is 16.5. The van der Waals surface area contributed by atoms with Crippen LogP contribution in [-0.4, -0.2) is 24.4 Å². The molecule has 0 saturated heterocycles. The number of fused-ring (bicyclic) bond motifs is 3. The Labute approximate surface area is 135 Å². The number of ether oxygens (including phenoxy) is 1. The third-order valence-corrected chi connectivity index (χ3v) is 4.03. The van der Waals surface area contributed by atoms with Crippen LogP contribution in [0.3, 0.4) is 0 Å². The molecule has 2 aromatic carbocycles. The molecule has 1 amide bonds. The quantitative estimate of drug-likeness (QED) is 0.821. The maximum atomic E-state index is 11.8. The number of aliphatic hydroxyl groups excluding tert-OH is 1. The van der Waals surface area contributed by atoms with Crippen molar-refractivity contribution in [2.24, 2.45) is 0 Å². The van der Waals surface area contributed by atoms with Crippen molar-refractivity contribution in [3.63, 3.8) is 0 Å². The first-order chi connectivity index (χ1) is 11.2. The molecule has 118 valence electrons. The molecule has 4 nitrogen and oxygen atoms in total. The zero-order valence-corrected chi connectivity index (χ0v) is 12.8. The Bertz CT molecular complexity index is 693. The molecular weight excluding hydrogens is 290 g/mol. The molecule has 0 spiro atoms. The molecular formula is C19H19NO3. The number of nitrogens with one attached hydrogen (secondary N) is 1. The highest BCUT2D eigenvalue weighted by Crippen LogP contribution is 2.44. The molecule has 0 heterocycles. The lowest BCUT2D eigenvalue weighted by Crippen LogP contribution is -2.27. The summed E-state index contributed by atoms with van der Waals surface area (Å²) < 4.78 is 5.36. The molecule has 23 heavy (non-hydrogen) atoms. The molecule has 0 aliphatic heterocycles. The second-order valence-corrected chi connectivity index (χ2v) is 5.57. The van der Waals surface area contributed by atoms with Gasteiger partial charge in [0.15, 0.2) is 0 Å². The fourth-order valence-corrected chi connectivity index (χ4v) is 2.96. The van der Waals surface area contributed by atoms with Crippen molar-refractivity contribution in [2.75, 3.05) is 13.2 Å². The van der Waals surface area contributed by atoms with Crippen molar-refractivity contribution >= 4 is 6.09 Å². The van der Waals surface area contributed by atoms with Gasteiger partial charge in [-0.3, -0.25) is 0 Å². The van der Waals surface area contributed by atoms with Gasteiger partial charge in [-0.1, -0.05) is 55.1 Å². The van der Waals surface area contributed by atoms with Crippen LogP contribution in [0.2, 0.25) is 0 Å². The van der Waals surface area contributed by atoms with Gasteiger partial charge in [-0.25, -0.2) is 4.79 Å². The maximum Gasteiger partial charge on any atom is 0.407 e. The summed E-state index contributed by atoms with van der Waals surface area (Å²) in [5.41, 5.74) is 4.78. The lowest BCUT2D eigenvalue weighted by Gasteiger charge is -2.14. The standard InChI is InChI=1S/C19H19NO3/c1-13(21)10-11-20-19(22)23-12-18-16-8-4-2-6-14(16)15-7-3-5-9-17(15)18/h2-9,18,21H,1,10-12H2,(H,20,22). The number of rotatable bonds is 5. The number of carbonyl (C=O) groups excluding carboxylic acids is 1. The predicted octanol–water partition coefficient (Wildman–Crippen LogP) is 3.99. The molecule has 0 bridgehead atoms. The predicted molar refractivity (Wildman–Crippen MR) is 89.5 cm³/mol. The van der Waals surface area contributed by atoms with Gasteiger partial charge < -0.3 is 15.2 Å². The Morgan fingerprint density at radius 2 is 1.65 bits per heavy atom. The number of aliphatic hydroxyl groups is 1. The van der Waals surface area contributed by atoms with E-state index in [-0.39, 0.29) is 11.7 Å². The van der Waals surface area contributed by atoms with Gasteiger partial charge in [-0.05, 0) is 22.3 Å². The molecule has 0 fully saturated rings. The van der Waals surface area contributed by atoms with E-state index in [1.54, 1.807) is 0 Å². The Morgan fingerprint density at radius 3 is 2.22 bits per heavy atom. The first-order valence-electron chi connectivity index (χ1n) is 7.62. The van der Waals surface area contributed by atoms with Crippen LogP contribution in [0.1, 0.15) is 23.5 Å². The molecule has 2 aromatic rings. The lowest BCUT2D eigenvalue weighted by molar-refractivity contribution is 0.143. The minimum absolute atomic E-state index is 0.0453. The topological polar surface area (TPSA) is 58.6 Å². The second-order valence-electron chi connectivity index (χ2n) is 5.57. The summed E-state index contributed by atoms with van der Waals surface area (Å²) in [6.07, 6.45) is -0.155. The van der Waals surface area contributed by atoms with Crippen LogP contribution in [0.4, 0.5) is 4.79 Å². The van der Waals surface area contributed by atoms with Crippen LogP contribution >= 0.6 is 0 Å². The van der Waals surface area contributed by atoms with Crippen molar-refractivity contribution in [2.45, 2.75) is 12.3 Å². The molecule has 1 aliphatic carbocycles. The first-order valence-corrected chi connectivity index (χ1v) is 7.62. The van der Waals surface area contributed by atoms with Crippen LogP contribution < -0.4 is 5.32 Å². The normalized spacial score (nSPS) is 12.3. The molecule has 0 unspecified atom stereocenters. The highest BCUT2D eigenvalue weighted by Gasteiger charge is 2.28. The molecule has 1 aliphatic rings. The molecule has 0 atom stereocenters. The van der Waals surface area contributed by atoms with Crippen LogP contribution in [0.15, 0.2) is 60.9 Å². The summed E-state index contributed by atoms with van der Waals surface area (Å²) in [6.45, 7) is 3.98. The van der Waals surface area contributed by atoms with Gasteiger partial charge in [0.05, 0.1) is 5.76 Å². The molecule has 0 saturated carbocycles. The number of hydrogen-bond acceptors (Lipinski definition) is 3. The van der Waals surface area contributed by atoms with E-state index in [2.05, 4.69) is 36.2 Å². The van der Waals surface area contributed by atoms with Crippen LogP contribution in [-0.2, 0) is 4.74 Å². The van der Waals surface area contributed by atoms with E-state index in [9.17, 15) is 4.79 Å². The van der Waals surface area contributed by atoms with E-state index in [1.165, 1.54) is 22.3 Å². The zero-order chi connectivity index (χ0) is 16.2. The summed E-state index contributed by atoms with van der Waals surface area (Å²) in [5, 5.41) is 11.6. The summed E-state index contributed by atoms with van der Waals surface area (Å²) >= 11 is 0. The largest absolute Gasteiger partial charge is 0.513 e. The van der Waals surface area contributed by atoms with Crippen LogP contribution in [0.5, 0.6) is 0 Å². The number of hydrogen-bond donors (Lipinski definition) is 2. The van der Waals surface area contributed by atoms with Crippen molar-refractivity contribution in [1.29, 1.82) is 0 Å². The third kappa shape index (κ3) is 3.21. The van der Waals surface area contributed by atoms with Gasteiger partial charge >= 0.3 is 6.09 Å². The number of amides is 1. The third-order valence-electron chi connectivity index (χ3n) is 4.03. The van der Waals surface area contributed by atoms with Crippen molar-refractivity contribution in [3.05, 3.63) is 72.0 Å². The van der Waals surface area contributed by atoms with E-state index in [4.69, 9.17) is 9.84 Å². The van der Waals surface area contributed by atoms with Gasteiger partial charge in [0.1, 0.15) is 6.61 Å². The number of carbonyl (C=O) groups is 1. The summed E-state index contributed by atoms with van der Waals surface area (Å²) in [5.74, 6) is 0.102. The van der Waals surface area contributed by atoms with E-state index < -0.39 is 6.09 Å². The smallest absolute Gasteiger partial charge is 0.407 e. The average molecular weight is 309 g/mol. The highest BCUT2D eigenvalue weighted by molar-refractivity contribution is 5.79. The summed E-state index contributed by atoms with van der Waals surface area (Å²) in [7, 11) is 0.